The first-order chi connectivity index (χ1) is 9.92. The maximum Gasteiger partial charge on any atom is 0.156 e. The molecule has 0 spiro atoms. The quantitative estimate of drug-likeness (QED) is 0.728. The molecule has 1 unspecified atom stereocenters. The molecular formula is C15H15BrClNO3. The lowest BCUT2D eigenvalue weighted by atomic mass is 10.1. The van der Waals surface area contributed by atoms with Crippen molar-refractivity contribution in [2.75, 3.05) is 12.4 Å². The summed E-state index contributed by atoms with van der Waals surface area (Å²) >= 11 is 9.45. The fraction of sp³-hybridized carbons (Fsp3) is 0.200. The van der Waals surface area contributed by atoms with Crippen molar-refractivity contribution in [3.63, 3.8) is 0 Å². The van der Waals surface area contributed by atoms with Gasteiger partial charge in [-0.2, -0.15) is 0 Å². The topological polar surface area (TPSA) is 61.7 Å². The Kier molecular flexibility index (Phi) is 4.85. The molecule has 112 valence electrons. The number of phenols is 2. The second-order valence-electron chi connectivity index (χ2n) is 4.58. The predicted octanol–water partition coefficient (Wildman–Crippen LogP) is 4.70. The molecule has 0 aromatic heterocycles. The van der Waals surface area contributed by atoms with Crippen LogP contribution >= 0.6 is 27.5 Å². The Morgan fingerprint density at radius 1 is 1.24 bits per heavy atom. The van der Waals surface area contributed by atoms with Crippen LogP contribution in [0.3, 0.4) is 0 Å². The average Bonchev–Trinajstić information content (AvgIpc) is 2.37. The second kappa shape index (κ2) is 6.45. The lowest BCUT2D eigenvalue weighted by Crippen LogP contribution is -2.08. The van der Waals surface area contributed by atoms with Crippen LogP contribution in [-0.2, 0) is 0 Å². The van der Waals surface area contributed by atoms with Crippen molar-refractivity contribution in [2.24, 2.45) is 0 Å². The number of hydrogen-bond donors (Lipinski definition) is 3. The van der Waals surface area contributed by atoms with E-state index < -0.39 is 0 Å². The summed E-state index contributed by atoms with van der Waals surface area (Å²) < 4.78 is 6.08. The van der Waals surface area contributed by atoms with Crippen LogP contribution in [-0.4, -0.2) is 17.3 Å². The normalized spacial score (nSPS) is 12.0. The number of hydrogen-bond acceptors (Lipinski definition) is 4. The zero-order valence-electron chi connectivity index (χ0n) is 11.5. The average molecular weight is 373 g/mol. The SMILES string of the molecule is COc1c(Br)cc(Cl)cc1NC(C)c1ccc(O)cc1O. The highest BCUT2D eigenvalue weighted by atomic mass is 79.9. The third kappa shape index (κ3) is 3.54. The molecule has 1 atom stereocenters. The fourth-order valence-electron chi connectivity index (χ4n) is 2.08. The summed E-state index contributed by atoms with van der Waals surface area (Å²) in [6, 6.07) is 7.78. The van der Waals surface area contributed by atoms with Crippen LogP contribution in [0.15, 0.2) is 34.8 Å². The minimum atomic E-state index is -0.204. The van der Waals surface area contributed by atoms with Crippen LogP contribution in [0.5, 0.6) is 17.2 Å². The van der Waals surface area contributed by atoms with Crippen LogP contribution < -0.4 is 10.1 Å². The van der Waals surface area contributed by atoms with Gasteiger partial charge >= 0.3 is 0 Å². The summed E-state index contributed by atoms with van der Waals surface area (Å²) in [6.45, 7) is 1.89. The zero-order chi connectivity index (χ0) is 15.6. The van der Waals surface area contributed by atoms with Crippen molar-refractivity contribution in [3.8, 4) is 17.2 Å². The molecule has 3 N–H and O–H groups in total. The highest BCUT2D eigenvalue weighted by molar-refractivity contribution is 9.10. The van der Waals surface area contributed by atoms with Crippen molar-refractivity contribution in [1.29, 1.82) is 0 Å². The van der Waals surface area contributed by atoms with Gasteiger partial charge in [0.05, 0.1) is 23.3 Å². The number of phenolic OH excluding ortho intramolecular Hbond substituents is 2. The van der Waals surface area contributed by atoms with E-state index in [1.165, 1.54) is 12.1 Å². The summed E-state index contributed by atoms with van der Waals surface area (Å²) in [7, 11) is 1.57. The maximum absolute atomic E-state index is 9.91. The Bertz CT molecular complexity index is 664. The number of rotatable bonds is 4. The molecule has 0 heterocycles. The van der Waals surface area contributed by atoms with Gasteiger partial charge in [0.15, 0.2) is 5.75 Å². The third-order valence-corrected chi connectivity index (χ3v) is 3.87. The van der Waals surface area contributed by atoms with Gasteiger partial charge in [0.1, 0.15) is 11.5 Å². The summed E-state index contributed by atoms with van der Waals surface area (Å²) in [5.74, 6) is 0.672. The van der Waals surface area contributed by atoms with E-state index in [-0.39, 0.29) is 17.5 Å². The Morgan fingerprint density at radius 2 is 1.95 bits per heavy atom. The second-order valence-corrected chi connectivity index (χ2v) is 5.87. The van der Waals surface area contributed by atoms with Gasteiger partial charge in [-0.05, 0) is 47.1 Å². The number of nitrogens with one attached hydrogen (secondary N) is 1. The van der Waals surface area contributed by atoms with Crippen LogP contribution in [0.1, 0.15) is 18.5 Å². The molecule has 0 saturated carbocycles. The summed E-state index contributed by atoms with van der Waals surface area (Å²) in [4.78, 5) is 0. The van der Waals surface area contributed by atoms with Gasteiger partial charge in [0.25, 0.3) is 0 Å². The van der Waals surface area contributed by atoms with Gasteiger partial charge in [-0.1, -0.05) is 11.6 Å². The van der Waals surface area contributed by atoms with Crippen molar-refractivity contribution < 1.29 is 14.9 Å². The molecule has 0 saturated heterocycles. The summed E-state index contributed by atoms with van der Waals surface area (Å²) in [6.07, 6.45) is 0. The number of anilines is 1. The molecule has 0 aliphatic carbocycles. The number of ether oxygens (including phenoxy) is 1. The fourth-order valence-corrected chi connectivity index (χ4v) is 3.06. The molecule has 2 aromatic carbocycles. The maximum atomic E-state index is 9.91. The van der Waals surface area contributed by atoms with E-state index in [0.29, 0.717) is 22.0 Å². The lowest BCUT2D eigenvalue weighted by Gasteiger charge is -2.20. The van der Waals surface area contributed by atoms with Crippen molar-refractivity contribution in [2.45, 2.75) is 13.0 Å². The summed E-state index contributed by atoms with van der Waals surface area (Å²) in [5, 5.41) is 23.0. The summed E-state index contributed by atoms with van der Waals surface area (Å²) in [5.41, 5.74) is 1.36. The van der Waals surface area contributed by atoms with Crippen LogP contribution in [0.2, 0.25) is 5.02 Å². The monoisotopic (exact) mass is 371 g/mol. The van der Waals surface area contributed by atoms with Crippen molar-refractivity contribution in [3.05, 3.63) is 45.4 Å². The molecule has 0 bridgehead atoms. The molecule has 0 radical (unpaired) electrons. The molecule has 0 fully saturated rings. The van der Waals surface area contributed by atoms with Crippen LogP contribution in [0.25, 0.3) is 0 Å². The molecule has 0 aliphatic rings. The number of methoxy groups -OCH3 is 1. The number of halogens is 2. The van der Waals surface area contributed by atoms with E-state index in [1.54, 1.807) is 25.3 Å². The Labute approximate surface area is 136 Å². The van der Waals surface area contributed by atoms with Gasteiger partial charge in [0, 0.05) is 16.7 Å². The van der Waals surface area contributed by atoms with Crippen molar-refractivity contribution in [1.82, 2.24) is 0 Å². The van der Waals surface area contributed by atoms with E-state index in [2.05, 4.69) is 21.2 Å². The minimum Gasteiger partial charge on any atom is -0.508 e. The van der Waals surface area contributed by atoms with Gasteiger partial charge < -0.3 is 20.3 Å². The molecule has 0 aliphatic heterocycles. The van der Waals surface area contributed by atoms with Gasteiger partial charge in [0.2, 0.25) is 0 Å². The standard InChI is InChI=1S/C15H15BrClNO3/c1-8(11-4-3-10(19)7-14(11)20)18-13-6-9(17)5-12(16)15(13)21-2/h3-8,18-20H,1-2H3. The van der Waals surface area contributed by atoms with E-state index in [0.717, 1.165) is 4.47 Å². The van der Waals surface area contributed by atoms with Crippen molar-refractivity contribution >= 4 is 33.2 Å². The number of benzene rings is 2. The highest BCUT2D eigenvalue weighted by Gasteiger charge is 2.15. The Hall–Kier alpha value is -1.59. The van der Waals surface area contributed by atoms with E-state index in [4.69, 9.17) is 16.3 Å². The van der Waals surface area contributed by atoms with Crippen LogP contribution in [0.4, 0.5) is 5.69 Å². The first-order valence-corrected chi connectivity index (χ1v) is 7.41. The van der Waals surface area contributed by atoms with Gasteiger partial charge in [-0.15, -0.1) is 0 Å². The Morgan fingerprint density at radius 3 is 2.57 bits per heavy atom. The molecular weight excluding hydrogens is 358 g/mol. The molecule has 0 amide bonds. The molecule has 2 rings (SSSR count). The molecule has 6 heteroatoms. The Balaban J connectivity index is 2.33. The van der Waals surface area contributed by atoms with Crippen LogP contribution in [0, 0.1) is 0 Å². The van der Waals surface area contributed by atoms with E-state index in [9.17, 15) is 10.2 Å². The zero-order valence-corrected chi connectivity index (χ0v) is 13.9. The minimum absolute atomic E-state index is 0.0199. The third-order valence-electron chi connectivity index (χ3n) is 3.07. The van der Waals surface area contributed by atoms with Gasteiger partial charge in [-0.25, -0.2) is 0 Å². The first kappa shape index (κ1) is 15.8. The van der Waals surface area contributed by atoms with E-state index >= 15 is 0 Å². The predicted molar refractivity (Wildman–Crippen MR) is 87.5 cm³/mol. The smallest absolute Gasteiger partial charge is 0.156 e. The largest absolute Gasteiger partial charge is 0.508 e. The molecule has 2 aromatic rings. The van der Waals surface area contributed by atoms with E-state index in [1.807, 2.05) is 6.92 Å². The molecule has 21 heavy (non-hydrogen) atoms. The lowest BCUT2D eigenvalue weighted by molar-refractivity contribution is 0.413. The first-order valence-electron chi connectivity index (χ1n) is 6.23. The number of aromatic hydroxyl groups is 2. The molecule has 4 nitrogen and oxygen atoms in total. The van der Waals surface area contributed by atoms with Gasteiger partial charge in [-0.3, -0.25) is 0 Å². The highest BCUT2D eigenvalue weighted by Crippen LogP contribution is 2.39.